The second-order valence-electron chi connectivity index (χ2n) is 4.30. The van der Waals surface area contributed by atoms with Crippen molar-refractivity contribution < 1.29 is 9.53 Å². The van der Waals surface area contributed by atoms with E-state index in [1.54, 1.807) is 36.4 Å². The van der Waals surface area contributed by atoms with Gasteiger partial charge in [-0.2, -0.15) is 5.10 Å². The minimum atomic E-state index is -0.456. The number of rotatable bonds is 5. The Kier molecular flexibility index (Phi) is 6.54. The van der Waals surface area contributed by atoms with E-state index >= 15 is 0 Å². The number of ether oxygens (including phenoxy) is 1. The van der Waals surface area contributed by atoms with Crippen LogP contribution in [0.3, 0.4) is 0 Å². The molecule has 0 spiro atoms. The lowest BCUT2D eigenvalue weighted by atomic mass is 10.2. The molecule has 2 rings (SSSR count). The third kappa shape index (κ3) is 5.29. The van der Waals surface area contributed by atoms with E-state index in [9.17, 15) is 4.79 Å². The Morgan fingerprint density at radius 2 is 1.91 bits per heavy atom. The number of amides is 1. The average molecular weight is 392 g/mol. The molecule has 120 valence electrons. The van der Waals surface area contributed by atoms with Crippen LogP contribution < -0.4 is 10.2 Å². The Morgan fingerprint density at radius 3 is 2.65 bits per heavy atom. The standard InChI is InChI=1S/C15H10Cl4N2O2/c16-10-5-4-9(12(18)6-10)7-20-21-14(22)8-23-13-3-1-2-11(17)15(13)19/h1-7H,8H2,(H,21,22). The topological polar surface area (TPSA) is 50.7 Å². The van der Waals surface area contributed by atoms with Crippen LogP contribution in [0, 0.1) is 0 Å². The first-order chi connectivity index (χ1) is 11.0. The summed E-state index contributed by atoms with van der Waals surface area (Å²) in [4.78, 5) is 11.7. The van der Waals surface area contributed by atoms with Gasteiger partial charge in [0.25, 0.3) is 5.91 Å². The van der Waals surface area contributed by atoms with Gasteiger partial charge < -0.3 is 4.74 Å². The summed E-state index contributed by atoms with van der Waals surface area (Å²) in [7, 11) is 0. The van der Waals surface area contributed by atoms with Gasteiger partial charge in [-0.3, -0.25) is 4.79 Å². The van der Waals surface area contributed by atoms with Gasteiger partial charge in [-0.05, 0) is 24.3 Å². The van der Waals surface area contributed by atoms with E-state index in [4.69, 9.17) is 51.1 Å². The zero-order valence-electron chi connectivity index (χ0n) is 11.5. The summed E-state index contributed by atoms with van der Waals surface area (Å²) in [6.45, 7) is -0.258. The summed E-state index contributed by atoms with van der Waals surface area (Å²) < 4.78 is 5.28. The maximum atomic E-state index is 11.7. The molecule has 1 amide bonds. The molecule has 23 heavy (non-hydrogen) atoms. The van der Waals surface area contributed by atoms with Crippen molar-refractivity contribution in [1.29, 1.82) is 0 Å². The Labute approximate surface area is 152 Å². The van der Waals surface area contributed by atoms with Crippen LogP contribution in [-0.2, 0) is 4.79 Å². The molecule has 0 aliphatic carbocycles. The molecule has 1 N–H and O–H groups in total. The Balaban J connectivity index is 1.87. The fourth-order valence-corrected chi connectivity index (χ4v) is 2.35. The van der Waals surface area contributed by atoms with Crippen LogP contribution in [0.1, 0.15) is 5.56 Å². The number of halogens is 4. The highest BCUT2D eigenvalue weighted by Crippen LogP contribution is 2.31. The zero-order valence-corrected chi connectivity index (χ0v) is 14.5. The van der Waals surface area contributed by atoms with Crippen molar-refractivity contribution in [3.8, 4) is 5.75 Å². The summed E-state index contributed by atoms with van der Waals surface area (Å²) >= 11 is 23.6. The monoisotopic (exact) mass is 390 g/mol. The summed E-state index contributed by atoms with van der Waals surface area (Å²) in [6, 6.07) is 9.83. The van der Waals surface area contributed by atoms with Gasteiger partial charge in [0.2, 0.25) is 0 Å². The first-order valence-electron chi connectivity index (χ1n) is 6.31. The Hall–Kier alpha value is -1.46. The highest BCUT2D eigenvalue weighted by molar-refractivity contribution is 6.42. The van der Waals surface area contributed by atoms with E-state index in [1.807, 2.05) is 0 Å². The Bertz CT molecular complexity index is 750. The fraction of sp³-hybridized carbons (Fsp3) is 0.0667. The van der Waals surface area contributed by atoms with Crippen LogP contribution in [0.15, 0.2) is 41.5 Å². The molecule has 0 aliphatic heterocycles. The third-order valence-electron chi connectivity index (χ3n) is 2.63. The van der Waals surface area contributed by atoms with E-state index in [0.717, 1.165) is 0 Å². The minimum Gasteiger partial charge on any atom is -0.482 e. The van der Waals surface area contributed by atoms with Gasteiger partial charge in [0.1, 0.15) is 10.8 Å². The first kappa shape index (κ1) is 17.9. The van der Waals surface area contributed by atoms with Crippen molar-refractivity contribution in [3.63, 3.8) is 0 Å². The smallest absolute Gasteiger partial charge is 0.277 e. The Morgan fingerprint density at radius 1 is 1.13 bits per heavy atom. The van der Waals surface area contributed by atoms with Gasteiger partial charge in [-0.25, -0.2) is 5.43 Å². The van der Waals surface area contributed by atoms with Crippen LogP contribution in [0.2, 0.25) is 20.1 Å². The number of nitrogens with zero attached hydrogens (tertiary/aromatic N) is 1. The van der Waals surface area contributed by atoms with Gasteiger partial charge >= 0.3 is 0 Å². The van der Waals surface area contributed by atoms with Crippen molar-refractivity contribution >= 4 is 58.5 Å². The molecule has 0 aromatic heterocycles. The third-order valence-corrected chi connectivity index (χ3v) is 3.99. The van der Waals surface area contributed by atoms with Crippen LogP contribution in [-0.4, -0.2) is 18.7 Å². The van der Waals surface area contributed by atoms with Crippen molar-refractivity contribution in [1.82, 2.24) is 5.43 Å². The van der Waals surface area contributed by atoms with Crippen molar-refractivity contribution in [3.05, 3.63) is 62.1 Å². The molecule has 0 saturated heterocycles. The summed E-state index contributed by atoms with van der Waals surface area (Å²) in [5, 5.41) is 5.33. The molecule has 0 bridgehead atoms. The van der Waals surface area contributed by atoms with Crippen LogP contribution in [0.5, 0.6) is 5.75 Å². The number of carbonyl (C=O) groups excluding carboxylic acids is 1. The van der Waals surface area contributed by atoms with Crippen molar-refractivity contribution in [2.75, 3.05) is 6.61 Å². The summed E-state index contributed by atoms with van der Waals surface area (Å²) in [5.41, 5.74) is 2.94. The maximum absolute atomic E-state index is 11.7. The van der Waals surface area contributed by atoms with Gasteiger partial charge in [0.05, 0.1) is 16.3 Å². The molecule has 2 aromatic carbocycles. The lowest BCUT2D eigenvalue weighted by molar-refractivity contribution is -0.123. The zero-order chi connectivity index (χ0) is 16.8. The first-order valence-corrected chi connectivity index (χ1v) is 7.82. The molecule has 0 heterocycles. The lowest BCUT2D eigenvalue weighted by Crippen LogP contribution is -2.24. The van der Waals surface area contributed by atoms with Crippen LogP contribution >= 0.6 is 46.4 Å². The highest BCUT2D eigenvalue weighted by atomic mass is 35.5. The number of carbonyl (C=O) groups is 1. The number of nitrogens with one attached hydrogen (secondary N) is 1. The normalized spacial score (nSPS) is 10.8. The lowest BCUT2D eigenvalue weighted by Gasteiger charge is -2.07. The van der Waals surface area contributed by atoms with Crippen molar-refractivity contribution in [2.45, 2.75) is 0 Å². The highest BCUT2D eigenvalue weighted by Gasteiger charge is 2.07. The second-order valence-corrected chi connectivity index (χ2v) is 5.93. The van der Waals surface area contributed by atoms with Crippen LogP contribution in [0.25, 0.3) is 0 Å². The van der Waals surface area contributed by atoms with Crippen molar-refractivity contribution in [2.24, 2.45) is 5.10 Å². The van der Waals surface area contributed by atoms with E-state index in [2.05, 4.69) is 10.5 Å². The predicted octanol–water partition coefficient (Wildman–Crippen LogP) is 4.83. The molecule has 0 saturated carbocycles. The van der Waals surface area contributed by atoms with E-state index < -0.39 is 5.91 Å². The molecule has 0 fully saturated rings. The predicted molar refractivity (Wildman–Crippen MR) is 94.2 cm³/mol. The molecular weight excluding hydrogens is 382 g/mol. The molecular formula is C15H10Cl4N2O2. The summed E-state index contributed by atoms with van der Waals surface area (Å²) in [6.07, 6.45) is 1.41. The maximum Gasteiger partial charge on any atom is 0.277 e. The fourth-order valence-electron chi connectivity index (χ4n) is 1.55. The quantitative estimate of drug-likeness (QED) is 0.586. The average Bonchev–Trinajstić information content (AvgIpc) is 2.51. The van der Waals surface area contributed by atoms with Gasteiger partial charge in [0, 0.05) is 10.6 Å². The SMILES string of the molecule is O=C(COc1cccc(Cl)c1Cl)NN=Cc1ccc(Cl)cc1Cl. The second kappa shape index (κ2) is 8.41. The molecule has 0 radical (unpaired) electrons. The van der Waals surface area contributed by atoms with E-state index in [1.165, 1.54) is 6.21 Å². The molecule has 0 atom stereocenters. The molecule has 0 aliphatic rings. The molecule has 0 unspecified atom stereocenters. The number of hydrogen-bond donors (Lipinski definition) is 1. The molecule has 4 nitrogen and oxygen atoms in total. The van der Waals surface area contributed by atoms with Crippen LogP contribution in [0.4, 0.5) is 0 Å². The summed E-state index contributed by atoms with van der Waals surface area (Å²) in [5.74, 6) is -0.138. The minimum absolute atomic E-state index is 0.249. The number of hydrogen-bond acceptors (Lipinski definition) is 3. The largest absolute Gasteiger partial charge is 0.482 e. The van der Waals surface area contributed by atoms with Gasteiger partial charge in [-0.1, -0.05) is 58.5 Å². The molecule has 8 heteroatoms. The van der Waals surface area contributed by atoms with Gasteiger partial charge in [0.15, 0.2) is 6.61 Å². The van der Waals surface area contributed by atoms with E-state index in [0.29, 0.717) is 26.4 Å². The number of hydrazone groups is 1. The van der Waals surface area contributed by atoms with E-state index in [-0.39, 0.29) is 11.6 Å². The number of benzene rings is 2. The molecule has 2 aromatic rings. The van der Waals surface area contributed by atoms with Gasteiger partial charge in [-0.15, -0.1) is 0 Å².